The number of fused-ring (bicyclic) bond motifs is 1. The van der Waals surface area contributed by atoms with E-state index in [1.807, 2.05) is 18.2 Å². The van der Waals surface area contributed by atoms with Crippen LogP contribution in [0.1, 0.15) is 34.8 Å². The van der Waals surface area contributed by atoms with Crippen molar-refractivity contribution in [2.24, 2.45) is 0 Å². The van der Waals surface area contributed by atoms with Crippen molar-refractivity contribution in [3.05, 3.63) is 71.3 Å². The molecule has 2 aromatic rings. The van der Waals surface area contributed by atoms with Crippen LogP contribution >= 0.6 is 0 Å². The molecule has 0 bridgehead atoms. The summed E-state index contributed by atoms with van der Waals surface area (Å²) in [6.07, 6.45) is 0.334. The Kier molecular flexibility index (Phi) is 5.26. The summed E-state index contributed by atoms with van der Waals surface area (Å²) in [6, 6.07) is 16.2. The Morgan fingerprint density at radius 1 is 1.11 bits per heavy atom. The number of nitrogens with zero attached hydrogens (tertiary/aromatic N) is 1. The smallest absolute Gasteiger partial charge is 0.315 e. The molecular formula is C21H22N2O4. The number of nitrogens with one attached hydrogen (secondary N) is 1. The maximum Gasteiger partial charge on any atom is 0.315 e. The van der Waals surface area contributed by atoms with Crippen LogP contribution in [0.15, 0.2) is 54.6 Å². The minimum atomic E-state index is -1.20. The molecule has 6 nitrogen and oxygen atoms in total. The molecule has 140 valence electrons. The van der Waals surface area contributed by atoms with Crippen LogP contribution in [0.25, 0.3) is 0 Å². The highest BCUT2D eigenvalue weighted by molar-refractivity contribution is 6.00. The fourth-order valence-corrected chi connectivity index (χ4v) is 3.46. The van der Waals surface area contributed by atoms with E-state index in [1.165, 1.54) is 4.90 Å². The summed E-state index contributed by atoms with van der Waals surface area (Å²) >= 11 is 0. The predicted octanol–water partition coefficient (Wildman–Crippen LogP) is 2.19. The first kappa shape index (κ1) is 18.6. The highest BCUT2D eigenvalue weighted by atomic mass is 16.4. The van der Waals surface area contributed by atoms with Gasteiger partial charge in [0.2, 0.25) is 5.91 Å². The van der Waals surface area contributed by atoms with Crippen LogP contribution in [0, 0.1) is 0 Å². The fourth-order valence-electron chi connectivity index (χ4n) is 3.46. The van der Waals surface area contributed by atoms with Gasteiger partial charge in [0.15, 0.2) is 0 Å². The Morgan fingerprint density at radius 3 is 2.41 bits per heavy atom. The fraction of sp³-hybridized carbons (Fsp3) is 0.286. The van der Waals surface area contributed by atoms with Crippen LogP contribution in [-0.4, -0.2) is 40.9 Å². The molecule has 1 atom stereocenters. The van der Waals surface area contributed by atoms with Gasteiger partial charge in [-0.25, -0.2) is 0 Å². The number of rotatable bonds is 7. The Bertz CT molecular complexity index is 865. The zero-order valence-electron chi connectivity index (χ0n) is 15.1. The van der Waals surface area contributed by atoms with Crippen molar-refractivity contribution in [3.8, 4) is 0 Å². The highest BCUT2D eigenvalue weighted by Crippen LogP contribution is 2.28. The minimum absolute atomic E-state index is 0.0311. The first-order valence-electron chi connectivity index (χ1n) is 8.90. The largest absolute Gasteiger partial charge is 0.481 e. The molecule has 0 saturated carbocycles. The van der Waals surface area contributed by atoms with E-state index in [9.17, 15) is 19.5 Å². The zero-order valence-corrected chi connectivity index (χ0v) is 15.1. The van der Waals surface area contributed by atoms with E-state index in [-0.39, 0.29) is 24.9 Å². The van der Waals surface area contributed by atoms with E-state index in [0.29, 0.717) is 24.1 Å². The molecule has 27 heavy (non-hydrogen) atoms. The third kappa shape index (κ3) is 3.56. The van der Waals surface area contributed by atoms with E-state index in [2.05, 4.69) is 5.32 Å². The second-order valence-electron chi connectivity index (χ2n) is 6.70. The standard InChI is InChI=1S/C21H22N2O4/c1-2-21(20(26)27,16-9-4-3-5-10-16)14-22-18(24)13-23-12-15-8-6-7-11-17(15)19(23)25/h3-11H,2,12-14H2,1H3,(H,22,24)(H,26,27). The van der Waals surface area contributed by atoms with E-state index in [4.69, 9.17) is 0 Å². The first-order valence-corrected chi connectivity index (χ1v) is 8.90. The number of hydrogen-bond donors (Lipinski definition) is 2. The van der Waals surface area contributed by atoms with Crippen LogP contribution in [0.5, 0.6) is 0 Å². The molecule has 2 aromatic carbocycles. The third-order valence-corrected chi connectivity index (χ3v) is 5.16. The van der Waals surface area contributed by atoms with Crippen molar-refractivity contribution in [1.29, 1.82) is 0 Å². The molecule has 1 aliphatic heterocycles. The summed E-state index contributed by atoms with van der Waals surface area (Å²) < 4.78 is 0. The van der Waals surface area contributed by atoms with Crippen molar-refractivity contribution < 1.29 is 19.5 Å². The second-order valence-corrected chi connectivity index (χ2v) is 6.70. The molecule has 0 aromatic heterocycles. The normalized spacial score (nSPS) is 15.1. The average Bonchev–Trinajstić information content (AvgIpc) is 2.99. The van der Waals surface area contributed by atoms with Gasteiger partial charge in [-0.2, -0.15) is 0 Å². The summed E-state index contributed by atoms with van der Waals surface area (Å²) in [5, 5.41) is 12.5. The number of carboxylic acids is 1. The number of hydrogen-bond acceptors (Lipinski definition) is 3. The maximum atomic E-state index is 12.4. The summed E-state index contributed by atoms with van der Waals surface area (Å²) in [5.74, 6) is -1.53. The monoisotopic (exact) mass is 366 g/mol. The molecule has 0 saturated heterocycles. The Labute approximate surface area is 157 Å². The summed E-state index contributed by atoms with van der Waals surface area (Å²) in [4.78, 5) is 38.2. The molecule has 6 heteroatoms. The first-order chi connectivity index (χ1) is 13.0. The van der Waals surface area contributed by atoms with Crippen LogP contribution in [0.2, 0.25) is 0 Å². The molecule has 1 aliphatic rings. The van der Waals surface area contributed by atoms with Crippen molar-refractivity contribution >= 4 is 17.8 Å². The lowest BCUT2D eigenvalue weighted by molar-refractivity contribution is -0.144. The maximum absolute atomic E-state index is 12.4. The van der Waals surface area contributed by atoms with E-state index < -0.39 is 11.4 Å². The molecular weight excluding hydrogens is 344 g/mol. The zero-order chi connectivity index (χ0) is 19.4. The minimum Gasteiger partial charge on any atom is -0.481 e. The van der Waals surface area contributed by atoms with Crippen LogP contribution in [0.4, 0.5) is 0 Å². The van der Waals surface area contributed by atoms with Crippen LogP contribution in [-0.2, 0) is 21.5 Å². The van der Waals surface area contributed by atoms with Crippen LogP contribution in [0.3, 0.4) is 0 Å². The average molecular weight is 366 g/mol. The third-order valence-electron chi connectivity index (χ3n) is 5.16. The number of carbonyl (C=O) groups is 3. The van der Waals surface area contributed by atoms with Crippen molar-refractivity contribution in [3.63, 3.8) is 0 Å². The van der Waals surface area contributed by atoms with Gasteiger partial charge in [-0.15, -0.1) is 0 Å². The van der Waals surface area contributed by atoms with Gasteiger partial charge >= 0.3 is 5.97 Å². The van der Waals surface area contributed by atoms with Gasteiger partial charge in [0, 0.05) is 18.7 Å². The second kappa shape index (κ2) is 7.61. The summed E-state index contributed by atoms with van der Waals surface area (Å²) in [6.45, 7) is 2.05. The Balaban J connectivity index is 1.67. The number of carboxylic acid groups (broad SMARTS) is 1. The molecule has 3 rings (SSSR count). The summed E-state index contributed by atoms with van der Waals surface area (Å²) in [5.41, 5.74) is 0.954. The SMILES string of the molecule is CCC(CNC(=O)CN1Cc2ccccc2C1=O)(C(=O)O)c1ccccc1. The van der Waals surface area contributed by atoms with Gasteiger partial charge in [-0.05, 0) is 23.6 Å². The lowest BCUT2D eigenvalue weighted by Gasteiger charge is -2.29. The Hall–Kier alpha value is -3.15. The highest BCUT2D eigenvalue weighted by Gasteiger charge is 2.39. The number of carbonyl (C=O) groups excluding carboxylic acids is 2. The molecule has 1 heterocycles. The van der Waals surface area contributed by atoms with E-state index in [0.717, 1.165) is 5.56 Å². The number of aliphatic carboxylic acids is 1. The van der Waals surface area contributed by atoms with Crippen molar-refractivity contribution in [1.82, 2.24) is 10.2 Å². The van der Waals surface area contributed by atoms with Crippen molar-refractivity contribution in [2.45, 2.75) is 25.3 Å². The van der Waals surface area contributed by atoms with Crippen LogP contribution < -0.4 is 5.32 Å². The molecule has 2 N–H and O–H groups in total. The van der Waals surface area contributed by atoms with E-state index >= 15 is 0 Å². The lowest BCUT2D eigenvalue weighted by atomic mass is 9.78. The molecule has 0 fully saturated rings. The van der Waals surface area contributed by atoms with Gasteiger partial charge in [0.25, 0.3) is 5.91 Å². The van der Waals surface area contributed by atoms with E-state index in [1.54, 1.807) is 43.3 Å². The van der Waals surface area contributed by atoms with Gasteiger partial charge in [0.05, 0.1) is 0 Å². The molecule has 0 radical (unpaired) electrons. The van der Waals surface area contributed by atoms with Crippen molar-refractivity contribution in [2.75, 3.05) is 13.1 Å². The quantitative estimate of drug-likeness (QED) is 0.786. The lowest BCUT2D eigenvalue weighted by Crippen LogP contribution is -2.48. The van der Waals surface area contributed by atoms with Gasteiger partial charge in [-0.1, -0.05) is 55.5 Å². The number of amides is 2. The molecule has 0 spiro atoms. The molecule has 0 aliphatic carbocycles. The van der Waals surface area contributed by atoms with Gasteiger partial charge < -0.3 is 15.3 Å². The predicted molar refractivity (Wildman–Crippen MR) is 100 cm³/mol. The molecule has 1 unspecified atom stereocenters. The van der Waals surface area contributed by atoms with Gasteiger partial charge in [-0.3, -0.25) is 14.4 Å². The topological polar surface area (TPSA) is 86.7 Å². The number of benzene rings is 2. The van der Waals surface area contributed by atoms with Gasteiger partial charge in [0.1, 0.15) is 12.0 Å². The molecule has 2 amide bonds. The summed E-state index contributed by atoms with van der Waals surface area (Å²) in [7, 11) is 0. The Morgan fingerprint density at radius 2 is 1.78 bits per heavy atom.